The van der Waals surface area contributed by atoms with Crippen molar-refractivity contribution in [3.63, 3.8) is 0 Å². The molecule has 15 heavy (non-hydrogen) atoms. The fraction of sp³-hybridized carbons (Fsp3) is 0.800. The van der Waals surface area contributed by atoms with Crippen LogP contribution in [0.15, 0.2) is 4.99 Å². The van der Waals surface area contributed by atoms with E-state index in [1.807, 2.05) is 6.92 Å². The summed E-state index contributed by atoms with van der Waals surface area (Å²) in [5, 5.41) is 2.97. The predicted molar refractivity (Wildman–Crippen MR) is 60.9 cm³/mol. The summed E-state index contributed by atoms with van der Waals surface area (Å²) in [7, 11) is 6.32. The van der Waals surface area contributed by atoms with Gasteiger partial charge in [0.15, 0.2) is 6.29 Å². The molecule has 0 aromatic heterocycles. The lowest BCUT2D eigenvalue weighted by atomic mass is 10.5. The maximum absolute atomic E-state index is 10.1. The molecule has 5 heteroatoms. The van der Waals surface area contributed by atoms with Gasteiger partial charge in [0.1, 0.15) is 6.61 Å². The van der Waals surface area contributed by atoms with Crippen molar-refractivity contribution in [3.05, 3.63) is 0 Å². The number of rotatable bonds is 6. The van der Waals surface area contributed by atoms with Crippen LogP contribution in [0.2, 0.25) is 0 Å². The van der Waals surface area contributed by atoms with Gasteiger partial charge < -0.3 is 14.5 Å². The maximum Gasteiger partial charge on any atom is 0.285 e. The van der Waals surface area contributed by atoms with Crippen LogP contribution in [0.5, 0.6) is 0 Å². The zero-order valence-electron chi connectivity index (χ0n) is 10.1. The number of quaternary nitrogens is 1. The van der Waals surface area contributed by atoms with Crippen LogP contribution < -0.4 is 5.32 Å². The maximum atomic E-state index is 10.1. The summed E-state index contributed by atoms with van der Waals surface area (Å²) in [4.78, 5) is 14.4. The summed E-state index contributed by atoms with van der Waals surface area (Å²) in [5.41, 5.74) is 0. The first-order valence-corrected chi connectivity index (χ1v) is 5.15. The van der Waals surface area contributed by atoms with Gasteiger partial charge in [-0.05, 0) is 6.92 Å². The molecule has 0 saturated carbocycles. The van der Waals surface area contributed by atoms with Crippen LogP contribution in [0.1, 0.15) is 6.92 Å². The largest absolute Gasteiger partial charge is 0.458 e. The molecule has 0 aliphatic rings. The Morgan fingerprint density at radius 1 is 1.47 bits per heavy atom. The first-order valence-electron chi connectivity index (χ1n) is 5.15. The van der Waals surface area contributed by atoms with Crippen molar-refractivity contribution in [2.45, 2.75) is 6.92 Å². The van der Waals surface area contributed by atoms with Gasteiger partial charge in [0.25, 0.3) is 6.02 Å². The number of ether oxygens (including phenoxy) is 1. The highest BCUT2D eigenvalue weighted by molar-refractivity contribution is 5.74. The third-order valence-corrected chi connectivity index (χ3v) is 1.64. The van der Waals surface area contributed by atoms with Crippen molar-refractivity contribution in [2.24, 2.45) is 4.99 Å². The highest BCUT2D eigenvalue weighted by Crippen LogP contribution is 1.89. The van der Waals surface area contributed by atoms with Crippen molar-refractivity contribution in [1.82, 2.24) is 5.32 Å². The third kappa shape index (κ3) is 9.21. The van der Waals surface area contributed by atoms with Gasteiger partial charge >= 0.3 is 0 Å². The zero-order valence-corrected chi connectivity index (χ0v) is 10.1. The van der Waals surface area contributed by atoms with Crippen LogP contribution in [-0.4, -0.2) is 64.2 Å². The third-order valence-electron chi connectivity index (χ3n) is 1.64. The van der Waals surface area contributed by atoms with E-state index in [-0.39, 0.29) is 6.61 Å². The molecule has 0 fully saturated rings. The van der Waals surface area contributed by atoms with Crippen molar-refractivity contribution in [1.29, 1.82) is 0 Å². The Morgan fingerprint density at radius 2 is 2.13 bits per heavy atom. The van der Waals surface area contributed by atoms with E-state index < -0.39 is 0 Å². The van der Waals surface area contributed by atoms with Crippen LogP contribution in [0, 0.1) is 0 Å². The molecular formula is C10H22N3O2+. The predicted octanol–water partition coefficient (Wildman–Crippen LogP) is -0.126. The summed E-state index contributed by atoms with van der Waals surface area (Å²) in [6.45, 7) is 4.36. The molecule has 0 bridgehead atoms. The molecule has 0 heterocycles. The highest BCUT2D eigenvalue weighted by Gasteiger charge is 2.05. The first kappa shape index (κ1) is 13.9. The molecule has 0 spiro atoms. The molecule has 88 valence electrons. The highest BCUT2D eigenvalue weighted by atomic mass is 16.5. The van der Waals surface area contributed by atoms with Crippen LogP contribution in [0.25, 0.3) is 0 Å². The van der Waals surface area contributed by atoms with Crippen LogP contribution in [0.3, 0.4) is 0 Å². The Kier molecular flexibility index (Phi) is 6.70. The van der Waals surface area contributed by atoms with Gasteiger partial charge in [0.05, 0.1) is 34.2 Å². The molecule has 0 radical (unpaired) electrons. The fourth-order valence-corrected chi connectivity index (χ4v) is 0.868. The molecule has 0 saturated heterocycles. The lowest BCUT2D eigenvalue weighted by molar-refractivity contribution is -0.868. The van der Waals surface area contributed by atoms with E-state index >= 15 is 0 Å². The number of hydrogen-bond donors (Lipinski definition) is 1. The minimum absolute atomic E-state index is 0.0518. The fourth-order valence-electron chi connectivity index (χ4n) is 0.868. The van der Waals surface area contributed by atoms with Crippen LogP contribution >= 0.6 is 0 Å². The molecule has 0 aliphatic carbocycles. The standard InChI is InChI=1S/C10H22N3O2/c1-5-11-10(15-9-8-14)12-6-7-13(2,3)4/h8H,5-7,9H2,1-4H3,(H,11,12)/q+1. The lowest BCUT2D eigenvalue weighted by Gasteiger charge is -2.22. The summed E-state index contributed by atoms with van der Waals surface area (Å²) in [6.07, 6.45) is 0.715. The van der Waals surface area contributed by atoms with Crippen molar-refractivity contribution < 1.29 is 14.0 Å². The number of likely N-dealkylation sites (N-methyl/N-ethyl adjacent to an activating group) is 1. The van der Waals surface area contributed by atoms with E-state index in [2.05, 4.69) is 31.5 Å². The number of carbonyl (C=O) groups is 1. The molecule has 0 amide bonds. The molecule has 0 aromatic carbocycles. The molecule has 0 aliphatic heterocycles. The van der Waals surface area contributed by atoms with E-state index in [4.69, 9.17) is 4.74 Å². The summed E-state index contributed by atoms with van der Waals surface area (Å²) in [6, 6.07) is 0.457. The lowest BCUT2D eigenvalue weighted by Crippen LogP contribution is -2.37. The SMILES string of the molecule is CCN/C(=N/CC[N+](C)(C)C)OCC=O. The Hall–Kier alpha value is -1.10. The van der Waals surface area contributed by atoms with Gasteiger partial charge in [0.2, 0.25) is 0 Å². The topological polar surface area (TPSA) is 50.7 Å². The molecule has 0 unspecified atom stereocenters. The quantitative estimate of drug-likeness (QED) is 0.291. The van der Waals surface area contributed by atoms with Crippen molar-refractivity contribution in [2.75, 3.05) is 47.4 Å². The monoisotopic (exact) mass is 216 g/mol. The van der Waals surface area contributed by atoms with Gasteiger partial charge in [-0.15, -0.1) is 0 Å². The average Bonchev–Trinajstić information content (AvgIpc) is 2.12. The van der Waals surface area contributed by atoms with Crippen molar-refractivity contribution >= 4 is 12.3 Å². The summed E-state index contributed by atoms with van der Waals surface area (Å²) < 4.78 is 5.97. The van der Waals surface area contributed by atoms with E-state index in [0.717, 1.165) is 17.6 Å². The Labute approximate surface area is 91.7 Å². The van der Waals surface area contributed by atoms with Crippen LogP contribution in [0.4, 0.5) is 0 Å². The Morgan fingerprint density at radius 3 is 2.60 bits per heavy atom. The summed E-state index contributed by atoms with van der Waals surface area (Å²) in [5.74, 6) is 0. The number of aldehydes is 1. The minimum atomic E-state index is 0.0518. The van der Waals surface area contributed by atoms with E-state index in [1.165, 1.54) is 0 Å². The molecule has 0 rings (SSSR count). The van der Waals surface area contributed by atoms with Crippen molar-refractivity contribution in [3.8, 4) is 0 Å². The van der Waals surface area contributed by atoms with Gasteiger partial charge in [-0.3, -0.25) is 4.79 Å². The van der Waals surface area contributed by atoms with Gasteiger partial charge in [-0.25, -0.2) is 4.99 Å². The molecule has 0 atom stereocenters. The Balaban J connectivity index is 3.98. The normalized spacial score (nSPS) is 12.4. The van der Waals surface area contributed by atoms with Gasteiger partial charge in [0, 0.05) is 6.54 Å². The molecular weight excluding hydrogens is 194 g/mol. The van der Waals surface area contributed by atoms with E-state index in [0.29, 0.717) is 18.9 Å². The number of hydrogen-bond acceptors (Lipinski definition) is 3. The average molecular weight is 216 g/mol. The van der Waals surface area contributed by atoms with E-state index in [9.17, 15) is 4.79 Å². The van der Waals surface area contributed by atoms with Gasteiger partial charge in [-0.1, -0.05) is 0 Å². The molecule has 0 aromatic rings. The first-order chi connectivity index (χ1) is 6.99. The minimum Gasteiger partial charge on any atom is -0.458 e. The zero-order chi connectivity index (χ0) is 11.7. The number of amidine groups is 1. The molecule has 5 nitrogen and oxygen atoms in total. The number of nitrogens with zero attached hydrogens (tertiary/aromatic N) is 2. The number of nitrogens with one attached hydrogen (secondary N) is 1. The number of carbonyl (C=O) groups excluding carboxylic acids is 1. The smallest absolute Gasteiger partial charge is 0.285 e. The Bertz CT molecular complexity index is 209. The summed E-state index contributed by atoms with van der Waals surface area (Å²) >= 11 is 0. The second kappa shape index (κ2) is 7.23. The number of aliphatic imine (C=N–C) groups is 1. The second-order valence-electron chi connectivity index (χ2n) is 4.21. The van der Waals surface area contributed by atoms with Gasteiger partial charge in [-0.2, -0.15) is 0 Å². The van der Waals surface area contributed by atoms with E-state index in [1.54, 1.807) is 0 Å². The second-order valence-corrected chi connectivity index (χ2v) is 4.21. The molecule has 1 N–H and O–H groups in total. The van der Waals surface area contributed by atoms with Crippen LogP contribution in [-0.2, 0) is 9.53 Å².